The summed E-state index contributed by atoms with van der Waals surface area (Å²) in [5.41, 5.74) is 1.29. The summed E-state index contributed by atoms with van der Waals surface area (Å²) in [6.45, 7) is 12.2. The Hall–Kier alpha value is -1.18. The fourth-order valence-electron chi connectivity index (χ4n) is 2.10. The van der Waals surface area contributed by atoms with E-state index in [0.717, 1.165) is 11.1 Å². The molecule has 16 heavy (non-hydrogen) atoms. The van der Waals surface area contributed by atoms with E-state index in [1.165, 1.54) is 0 Å². The van der Waals surface area contributed by atoms with Crippen LogP contribution in [0.4, 0.5) is 0 Å². The SMILES string of the molecule is CC(C)(C)c1c(O)ccc(O)c1C(C)(C)C. The summed E-state index contributed by atoms with van der Waals surface area (Å²) in [6.07, 6.45) is 0. The van der Waals surface area contributed by atoms with Crippen molar-refractivity contribution in [3.63, 3.8) is 0 Å². The molecule has 90 valence electrons. The summed E-state index contributed by atoms with van der Waals surface area (Å²) in [5, 5.41) is 20.0. The zero-order valence-electron chi connectivity index (χ0n) is 11.0. The Bertz CT molecular complexity index is 353. The van der Waals surface area contributed by atoms with E-state index < -0.39 is 0 Å². The molecule has 1 rings (SSSR count). The first-order valence-electron chi connectivity index (χ1n) is 5.61. The third kappa shape index (κ3) is 2.31. The maximum atomic E-state index is 10.0. The predicted octanol–water partition coefficient (Wildman–Crippen LogP) is 3.69. The second-order valence-electron chi connectivity index (χ2n) is 6.35. The van der Waals surface area contributed by atoms with E-state index in [-0.39, 0.29) is 22.3 Å². The lowest BCUT2D eigenvalue weighted by Gasteiger charge is -2.31. The van der Waals surface area contributed by atoms with Gasteiger partial charge in [-0.2, -0.15) is 0 Å². The van der Waals surface area contributed by atoms with E-state index in [9.17, 15) is 10.2 Å². The van der Waals surface area contributed by atoms with Crippen LogP contribution in [0.1, 0.15) is 52.7 Å². The molecule has 0 spiro atoms. The van der Waals surface area contributed by atoms with Crippen LogP contribution in [0.2, 0.25) is 0 Å². The summed E-state index contributed by atoms with van der Waals surface area (Å²) >= 11 is 0. The highest BCUT2D eigenvalue weighted by atomic mass is 16.3. The first-order valence-corrected chi connectivity index (χ1v) is 5.61. The standard InChI is InChI=1S/C14H22O2/c1-13(2,3)11-9(15)7-8-10(16)12(11)14(4,5)6/h7-8,15-16H,1-6H3. The van der Waals surface area contributed by atoms with Crippen LogP contribution in [0.15, 0.2) is 12.1 Å². The van der Waals surface area contributed by atoms with Gasteiger partial charge in [0.15, 0.2) is 0 Å². The maximum Gasteiger partial charge on any atom is 0.119 e. The number of phenols is 2. The number of rotatable bonds is 0. The van der Waals surface area contributed by atoms with Gasteiger partial charge in [-0.15, -0.1) is 0 Å². The highest BCUT2D eigenvalue weighted by molar-refractivity contribution is 5.53. The van der Waals surface area contributed by atoms with Crippen LogP contribution < -0.4 is 0 Å². The quantitative estimate of drug-likeness (QED) is 0.657. The van der Waals surface area contributed by atoms with Gasteiger partial charge < -0.3 is 10.2 Å². The fraction of sp³-hybridized carbons (Fsp3) is 0.571. The number of phenolic OH excluding ortho intramolecular Hbond substituents is 2. The largest absolute Gasteiger partial charge is 0.508 e. The summed E-state index contributed by atoms with van der Waals surface area (Å²) in [4.78, 5) is 0. The first-order chi connectivity index (χ1) is 7.05. The summed E-state index contributed by atoms with van der Waals surface area (Å²) in [5.74, 6) is 0.519. The van der Waals surface area contributed by atoms with Crippen LogP contribution in [0, 0.1) is 0 Å². The van der Waals surface area contributed by atoms with Crippen LogP contribution in [0.3, 0.4) is 0 Å². The van der Waals surface area contributed by atoms with Crippen LogP contribution in [-0.2, 0) is 10.8 Å². The third-order valence-corrected chi connectivity index (χ3v) is 2.66. The molecule has 0 saturated heterocycles. The van der Waals surface area contributed by atoms with Crippen molar-refractivity contribution in [2.45, 2.75) is 52.4 Å². The molecule has 1 aromatic carbocycles. The van der Waals surface area contributed by atoms with Gasteiger partial charge in [-0.25, -0.2) is 0 Å². The van der Waals surface area contributed by atoms with Gasteiger partial charge in [-0.05, 0) is 23.0 Å². The van der Waals surface area contributed by atoms with Gasteiger partial charge in [-0.1, -0.05) is 41.5 Å². The van der Waals surface area contributed by atoms with Gasteiger partial charge >= 0.3 is 0 Å². The average Bonchev–Trinajstić information content (AvgIpc) is 2.04. The van der Waals surface area contributed by atoms with Crippen molar-refractivity contribution < 1.29 is 10.2 Å². The second-order valence-corrected chi connectivity index (χ2v) is 6.35. The molecule has 2 nitrogen and oxygen atoms in total. The lowest BCUT2D eigenvalue weighted by atomic mass is 9.74. The Morgan fingerprint density at radius 1 is 0.688 bits per heavy atom. The van der Waals surface area contributed by atoms with Crippen LogP contribution in [-0.4, -0.2) is 10.2 Å². The lowest BCUT2D eigenvalue weighted by molar-refractivity contribution is 0.409. The highest BCUT2D eigenvalue weighted by Gasteiger charge is 2.30. The minimum Gasteiger partial charge on any atom is -0.508 e. The Morgan fingerprint density at radius 3 is 1.12 bits per heavy atom. The van der Waals surface area contributed by atoms with Crippen molar-refractivity contribution in [1.29, 1.82) is 0 Å². The molecule has 2 N–H and O–H groups in total. The van der Waals surface area contributed by atoms with E-state index >= 15 is 0 Å². The molecular weight excluding hydrogens is 200 g/mol. The number of aromatic hydroxyl groups is 2. The van der Waals surface area contributed by atoms with Gasteiger partial charge in [0.25, 0.3) is 0 Å². The third-order valence-electron chi connectivity index (χ3n) is 2.66. The summed E-state index contributed by atoms with van der Waals surface area (Å²) in [7, 11) is 0. The number of hydrogen-bond donors (Lipinski definition) is 2. The van der Waals surface area contributed by atoms with Crippen molar-refractivity contribution >= 4 is 0 Å². The molecule has 0 unspecified atom stereocenters. The zero-order chi connectivity index (χ0) is 12.7. The minimum atomic E-state index is -0.189. The topological polar surface area (TPSA) is 40.5 Å². The summed E-state index contributed by atoms with van der Waals surface area (Å²) < 4.78 is 0. The molecule has 1 aromatic rings. The molecule has 0 bridgehead atoms. The van der Waals surface area contributed by atoms with Crippen molar-refractivity contribution in [1.82, 2.24) is 0 Å². The van der Waals surface area contributed by atoms with Crippen LogP contribution in [0.5, 0.6) is 11.5 Å². The molecule has 0 aliphatic rings. The molecule has 0 heterocycles. The van der Waals surface area contributed by atoms with Gasteiger partial charge in [0, 0.05) is 11.1 Å². The van der Waals surface area contributed by atoms with Gasteiger partial charge in [0.05, 0.1) is 0 Å². The number of hydrogen-bond acceptors (Lipinski definition) is 2. The van der Waals surface area contributed by atoms with Crippen LogP contribution in [0.25, 0.3) is 0 Å². The van der Waals surface area contributed by atoms with Crippen molar-refractivity contribution in [2.75, 3.05) is 0 Å². The van der Waals surface area contributed by atoms with E-state index in [1.807, 2.05) is 41.5 Å². The Morgan fingerprint density at radius 2 is 0.938 bits per heavy atom. The average molecular weight is 222 g/mol. The van der Waals surface area contributed by atoms with Crippen molar-refractivity contribution in [3.8, 4) is 11.5 Å². The molecule has 0 aromatic heterocycles. The van der Waals surface area contributed by atoms with Crippen molar-refractivity contribution in [2.24, 2.45) is 0 Å². The Balaban J connectivity index is 3.64. The second kappa shape index (κ2) is 3.69. The summed E-state index contributed by atoms with van der Waals surface area (Å²) in [6, 6.07) is 3.12. The highest BCUT2D eigenvalue weighted by Crippen LogP contribution is 2.43. The molecule has 0 radical (unpaired) electrons. The Labute approximate surface area is 97.9 Å². The normalized spacial score (nSPS) is 12.9. The molecule has 2 heteroatoms. The van der Waals surface area contributed by atoms with E-state index in [0.29, 0.717) is 0 Å². The Kier molecular flexibility index (Phi) is 2.97. The molecule has 0 aliphatic heterocycles. The fourth-order valence-corrected chi connectivity index (χ4v) is 2.10. The first kappa shape index (κ1) is 12.9. The van der Waals surface area contributed by atoms with E-state index in [2.05, 4.69) is 0 Å². The molecular formula is C14H22O2. The lowest BCUT2D eigenvalue weighted by Crippen LogP contribution is -2.22. The van der Waals surface area contributed by atoms with Crippen molar-refractivity contribution in [3.05, 3.63) is 23.3 Å². The van der Waals surface area contributed by atoms with Gasteiger partial charge in [0.2, 0.25) is 0 Å². The van der Waals surface area contributed by atoms with Crippen LogP contribution >= 0.6 is 0 Å². The predicted molar refractivity (Wildman–Crippen MR) is 67.2 cm³/mol. The maximum absolute atomic E-state index is 10.0. The molecule has 0 atom stereocenters. The monoisotopic (exact) mass is 222 g/mol. The molecule has 0 aliphatic carbocycles. The zero-order valence-corrected chi connectivity index (χ0v) is 11.0. The number of benzene rings is 1. The van der Waals surface area contributed by atoms with E-state index in [4.69, 9.17) is 0 Å². The van der Waals surface area contributed by atoms with Gasteiger partial charge in [-0.3, -0.25) is 0 Å². The molecule has 0 amide bonds. The molecule has 0 saturated carbocycles. The molecule has 0 fully saturated rings. The minimum absolute atomic E-state index is 0.189. The van der Waals surface area contributed by atoms with E-state index in [1.54, 1.807) is 12.1 Å². The smallest absolute Gasteiger partial charge is 0.119 e. The van der Waals surface area contributed by atoms with Gasteiger partial charge in [0.1, 0.15) is 11.5 Å².